The zero-order chi connectivity index (χ0) is 18.3. The Morgan fingerprint density at radius 3 is 2.58 bits per heavy atom. The molecule has 4 rings (SSSR count). The Morgan fingerprint density at radius 2 is 1.96 bits per heavy atom. The standard InChI is InChI=1S/C21H27N3O2/c1-14(2)20-18(21(25)23-9-11-26-12-10-23)19(16-7-8-16)22-24(20)17-6-4-5-15(3)13-17/h4-6,13-14,16H,7-12H2,1-3H3. The van der Waals surface area contributed by atoms with Crippen LogP contribution in [0.1, 0.15) is 65.8 Å². The highest BCUT2D eigenvalue weighted by atomic mass is 16.5. The molecule has 1 saturated carbocycles. The smallest absolute Gasteiger partial charge is 0.257 e. The van der Waals surface area contributed by atoms with Crippen LogP contribution < -0.4 is 0 Å². The van der Waals surface area contributed by atoms with Crippen molar-refractivity contribution in [2.75, 3.05) is 26.3 Å². The van der Waals surface area contributed by atoms with Crippen molar-refractivity contribution in [1.29, 1.82) is 0 Å². The molecule has 5 heteroatoms. The van der Waals surface area contributed by atoms with E-state index in [0.29, 0.717) is 32.2 Å². The van der Waals surface area contributed by atoms with Crippen LogP contribution >= 0.6 is 0 Å². The van der Waals surface area contributed by atoms with Crippen LogP contribution in [-0.2, 0) is 4.74 Å². The minimum absolute atomic E-state index is 0.123. The summed E-state index contributed by atoms with van der Waals surface area (Å²) in [5.41, 5.74) is 5.10. The van der Waals surface area contributed by atoms with Crippen molar-refractivity contribution in [3.63, 3.8) is 0 Å². The second kappa shape index (κ2) is 6.88. The molecule has 2 aliphatic rings. The highest BCUT2D eigenvalue weighted by Crippen LogP contribution is 2.43. The van der Waals surface area contributed by atoms with Gasteiger partial charge in [0, 0.05) is 19.0 Å². The fraction of sp³-hybridized carbons (Fsp3) is 0.524. The Labute approximate surface area is 154 Å². The van der Waals surface area contributed by atoms with Crippen LogP contribution in [0, 0.1) is 6.92 Å². The number of aromatic nitrogens is 2. The summed E-state index contributed by atoms with van der Waals surface area (Å²) in [5.74, 6) is 0.770. The monoisotopic (exact) mass is 353 g/mol. The van der Waals surface area contributed by atoms with E-state index >= 15 is 0 Å². The molecule has 2 aromatic rings. The number of hydrogen-bond donors (Lipinski definition) is 0. The summed E-state index contributed by atoms with van der Waals surface area (Å²) in [6, 6.07) is 8.35. The van der Waals surface area contributed by atoms with Crippen LogP contribution in [0.3, 0.4) is 0 Å². The van der Waals surface area contributed by atoms with E-state index in [4.69, 9.17) is 9.84 Å². The summed E-state index contributed by atoms with van der Waals surface area (Å²) in [7, 11) is 0. The maximum atomic E-state index is 13.4. The molecule has 2 fully saturated rings. The molecule has 26 heavy (non-hydrogen) atoms. The average Bonchev–Trinajstić information content (AvgIpc) is 3.41. The third-order valence-corrected chi connectivity index (χ3v) is 5.22. The highest BCUT2D eigenvalue weighted by molar-refractivity contribution is 5.97. The number of morpholine rings is 1. The number of carbonyl (C=O) groups is 1. The van der Waals surface area contributed by atoms with Crippen molar-refractivity contribution >= 4 is 5.91 Å². The number of rotatable bonds is 4. The molecule has 1 aromatic heterocycles. The van der Waals surface area contributed by atoms with Crippen LogP contribution in [0.5, 0.6) is 0 Å². The summed E-state index contributed by atoms with van der Waals surface area (Å²) in [6.45, 7) is 8.95. The second-order valence-electron chi connectivity index (χ2n) is 7.73. The van der Waals surface area contributed by atoms with Crippen molar-refractivity contribution in [1.82, 2.24) is 14.7 Å². The van der Waals surface area contributed by atoms with Crippen LogP contribution in [-0.4, -0.2) is 46.9 Å². The number of hydrogen-bond acceptors (Lipinski definition) is 3. The van der Waals surface area contributed by atoms with Gasteiger partial charge < -0.3 is 9.64 Å². The first-order valence-corrected chi connectivity index (χ1v) is 9.63. The van der Waals surface area contributed by atoms with Gasteiger partial charge in [-0.2, -0.15) is 5.10 Å². The van der Waals surface area contributed by atoms with Gasteiger partial charge in [-0.3, -0.25) is 4.79 Å². The van der Waals surface area contributed by atoms with Crippen molar-refractivity contribution in [2.45, 2.75) is 45.4 Å². The fourth-order valence-electron chi connectivity index (χ4n) is 3.72. The molecule has 1 aromatic carbocycles. The summed E-state index contributed by atoms with van der Waals surface area (Å²) in [6.07, 6.45) is 2.26. The minimum atomic E-state index is 0.123. The van der Waals surface area contributed by atoms with E-state index in [9.17, 15) is 4.79 Å². The lowest BCUT2D eigenvalue weighted by Crippen LogP contribution is -2.41. The molecule has 0 atom stereocenters. The Bertz CT molecular complexity index is 815. The third kappa shape index (κ3) is 3.16. The Kier molecular flexibility index (Phi) is 4.57. The second-order valence-corrected chi connectivity index (χ2v) is 7.73. The normalized spacial score (nSPS) is 17.8. The summed E-state index contributed by atoms with van der Waals surface area (Å²) in [4.78, 5) is 15.3. The molecule has 0 bridgehead atoms. The fourth-order valence-corrected chi connectivity index (χ4v) is 3.72. The molecular weight excluding hydrogens is 326 g/mol. The molecule has 0 spiro atoms. The lowest BCUT2D eigenvalue weighted by Gasteiger charge is -2.27. The minimum Gasteiger partial charge on any atom is -0.378 e. The molecule has 1 aliphatic heterocycles. The van der Waals surface area contributed by atoms with Crippen molar-refractivity contribution in [2.24, 2.45) is 0 Å². The summed E-state index contributed by atoms with van der Waals surface area (Å²) < 4.78 is 7.44. The molecular formula is C21H27N3O2. The lowest BCUT2D eigenvalue weighted by atomic mass is 10.00. The number of carbonyl (C=O) groups excluding carboxylic acids is 1. The third-order valence-electron chi connectivity index (χ3n) is 5.22. The zero-order valence-corrected chi connectivity index (χ0v) is 15.9. The number of ether oxygens (including phenoxy) is 1. The van der Waals surface area contributed by atoms with E-state index in [0.717, 1.165) is 35.5 Å². The molecule has 138 valence electrons. The molecule has 5 nitrogen and oxygen atoms in total. The number of aryl methyl sites for hydroxylation is 1. The van der Waals surface area contributed by atoms with E-state index in [1.54, 1.807) is 0 Å². The molecule has 0 radical (unpaired) electrons. The predicted octanol–water partition coefficient (Wildman–Crippen LogP) is 3.65. The average molecular weight is 353 g/mol. The van der Waals surface area contributed by atoms with Gasteiger partial charge in [-0.1, -0.05) is 26.0 Å². The molecule has 1 saturated heterocycles. The van der Waals surface area contributed by atoms with Crippen molar-refractivity contribution in [3.8, 4) is 5.69 Å². The predicted molar refractivity (Wildman–Crippen MR) is 101 cm³/mol. The van der Waals surface area contributed by atoms with E-state index in [1.807, 2.05) is 9.58 Å². The van der Waals surface area contributed by atoms with Gasteiger partial charge in [0.05, 0.1) is 35.9 Å². The van der Waals surface area contributed by atoms with Crippen LogP contribution in [0.2, 0.25) is 0 Å². The van der Waals surface area contributed by atoms with E-state index < -0.39 is 0 Å². The van der Waals surface area contributed by atoms with Gasteiger partial charge in [0.2, 0.25) is 0 Å². The van der Waals surface area contributed by atoms with Crippen molar-refractivity contribution < 1.29 is 9.53 Å². The van der Waals surface area contributed by atoms with Gasteiger partial charge in [-0.25, -0.2) is 4.68 Å². The van der Waals surface area contributed by atoms with Gasteiger partial charge >= 0.3 is 0 Å². The SMILES string of the molecule is Cc1cccc(-n2nc(C3CC3)c(C(=O)N3CCOCC3)c2C(C)C)c1. The van der Waals surface area contributed by atoms with Gasteiger partial charge in [0.15, 0.2) is 0 Å². The van der Waals surface area contributed by atoms with Crippen molar-refractivity contribution in [3.05, 3.63) is 46.8 Å². The molecule has 0 N–H and O–H groups in total. The maximum absolute atomic E-state index is 13.4. The molecule has 0 unspecified atom stereocenters. The van der Waals surface area contributed by atoms with Gasteiger partial charge in [0.25, 0.3) is 5.91 Å². The van der Waals surface area contributed by atoms with Gasteiger partial charge in [0.1, 0.15) is 0 Å². The number of nitrogens with zero attached hydrogens (tertiary/aromatic N) is 3. The maximum Gasteiger partial charge on any atom is 0.257 e. The van der Waals surface area contributed by atoms with E-state index in [1.165, 1.54) is 5.56 Å². The number of benzene rings is 1. The summed E-state index contributed by atoms with van der Waals surface area (Å²) >= 11 is 0. The first kappa shape index (κ1) is 17.3. The van der Waals surface area contributed by atoms with E-state index in [2.05, 4.69) is 45.0 Å². The number of amides is 1. The Morgan fingerprint density at radius 1 is 1.23 bits per heavy atom. The van der Waals surface area contributed by atoms with E-state index in [-0.39, 0.29) is 11.8 Å². The lowest BCUT2D eigenvalue weighted by molar-refractivity contribution is 0.0301. The first-order chi connectivity index (χ1) is 12.6. The Hall–Kier alpha value is -2.14. The highest BCUT2D eigenvalue weighted by Gasteiger charge is 2.37. The van der Waals surface area contributed by atoms with Gasteiger partial charge in [-0.15, -0.1) is 0 Å². The molecule has 2 heterocycles. The zero-order valence-electron chi connectivity index (χ0n) is 15.9. The quantitative estimate of drug-likeness (QED) is 0.843. The van der Waals surface area contributed by atoms with Crippen LogP contribution in [0.15, 0.2) is 24.3 Å². The summed E-state index contributed by atoms with van der Waals surface area (Å²) in [5, 5.41) is 4.96. The topological polar surface area (TPSA) is 47.4 Å². The van der Waals surface area contributed by atoms with Crippen LogP contribution in [0.4, 0.5) is 0 Å². The molecule has 1 amide bonds. The molecule has 1 aliphatic carbocycles. The van der Waals surface area contributed by atoms with Crippen LogP contribution in [0.25, 0.3) is 5.69 Å². The first-order valence-electron chi connectivity index (χ1n) is 9.63. The van der Waals surface area contributed by atoms with Gasteiger partial charge in [-0.05, 0) is 43.4 Å². The largest absolute Gasteiger partial charge is 0.378 e. The Balaban J connectivity index is 1.84.